The highest BCUT2D eigenvalue weighted by molar-refractivity contribution is 5.81. The molecule has 1 unspecified atom stereocenters. The minimum absolute atomic E-state index is 0.0851. The minimum atomic E-state index is 0.0851. The summed E-state index contributed by atoms with van der Waals surface area (Å²) in [5.74, 6) is 0.856. The van der Waals surface area contributed by atoms with E-state index in [4.69, 9.17) is 9.47 Å². The fourth-order valence-corrected chi connectivity index (χ4v) is 3.33. The zero-order valence-corrected chi connectivity index (χ0v) is 14.0. The Hall–Kier alpha value is -0.650. The van der Waals surface area contributed by atoms with Crippen LogP contribution in [-0.2, 0) is 14.3 Å². The standard InChI is InChI=1S/C17H32N2O3/c1-2-19-10-4-3-6-16(19)17(20)18-9-5-11-22-14-15-7-12-21-13-8-15/h15-16H,2-14H2,1H3,(H,18,20). The molecule has 0 aliphatic carbocycles. The summed E-state index contributed by atoms with van der Waals surface area (Å²) in [6.07, 6.45) is 6.52. The van der Waals surface area contributed by atoms with Crippen LogP contribution in [0.15, 0.2) is 0 Å². The lowest BCUT2D eigenvalue weighted by atomic mass is 10.0. The van der Waals surface area contributed by atoms with Gasteiger partial charge in [-0.05, 0) is 51.1 Å². The summed E-state index contributed by atoms with van der Waals surface area (Å²) in [4.78, 5) is 14.5. The Morgan fingerprint density at radius 2 is 2.09 bits per heavy atom. The molecule has 1 N–H and O–H groups in total. The number of hydrogen-bond donors (Lipinski definition) is 1. The molecule has 128 valence electrons. The lowest BCUT2D eigenvalue weighted by Crippen LogP contribution is -2.49. The van der Waals surface area contributed by atoms with Gasteiger partial charge in [0.25, 0.3) is 0 Å². The van der Waals surface area contributed by atoms with E-state index in [1.807, 2.05) is 0 Å². The Kier molecular flexibility index (Phi) is 8.20. The van der Waals surface area contributed by atoms with E-state index in [9.17, 15) is 4.79 Å². The Labute approximate surface area is 134 Å². The third-order valence-corrected chi connectivity index (χ3v) is 4.78. The molecule has 22 heavy (non-hydrogen) atoms. The van der Waals surface area contributed by atoms with Gasteiger partial charge in [-0.1, -0.05) is 13.3 Å². The largest absolute Gasteiger partial charge is 0.381 e. The molecule has 2 aliphatic heterocycles. The van der Waals surface area contributed by atoms with Gasteiger partial charge in [0.2, 0.25) is 5.91 Å². The van der Waals surface area contributed by atoms with Crippen molar-refractivity contribution in [2.45, 2.75) is 51.5 Å². The van der Waals surface area contributed by atoms with Crippen LogP contribution in [0.5, 0.6) is 0 Å². The van der Waals surface area contributed by atoms with Gasteiger partial charge in [0.15, 0.2) is 0 Å². The smallest absolute Gasteiger partial charge is 0.237 e. The van der Waals surface area contributed by atoms with Crippen molar-refractivity contribution in [2.75, 3.05) is 46.1 Å². The van der Waals surface area contributed by atoms with Crippen molar-refractivity contribution in [3.63, 3.8) is 0 Å². The Morgan fingerprint density at radius 3 is 2.86 bits per heavy atom. The summed E-state index contributed by atoms with van der Waals surface area (Å²) < 4.78 is 11.1. The van der Waals surface area contributed by atoms with Crippen molar-refractivity contribution < 1.29 is 14.3 Å². The number of piperidine rings is 1. The molecule has 5 nitrogen and oxygen atoms in total. The molecule has 1 atom stereocenters. The van der Waals surface area contributed by atoms with Crippen molar-refractivity contribution in [1.29, 1.82) is 0 Å². The molecule has 0 bridgehead atoms. The lowest BCUT2D eigenvalue weighted by molar-refractivity contribution is -0.127. The first kappa shape index (κ1) is 17.7. The molecule has 0 aromatic carbocycles. The zero-order valence-electron chi connectivity index (χ0n) is 14.0. The van der Waals surface area contributed by atoms with Gasteiger partial charge in [-0.15, -0.1) is 0 Å². The number of nitrogens with zero attached hydrogens (tertiary/aromatic N) is 1. The SMILES string of the molecule is CCN1CCCCC1C(=O)NCCCOCC1CCOCC1. The highest BCUT2D eigenvalue weighted by Gasteiger charge is 2.26. The molecule has 2 fully saturated rings. The van der Waals surface area contributed by atoms with Gasteiger partial charge in [0.05, 0.1) is 6.04 Å². The predicted octanol–water partition coefficient (Wildman–Crippen LogP) is 1.81. The molecule has 0 saturated carbocycles. The fraction of sp³-hybridized carbons (Fsp3) is 0.941. The van der Waals surface area contributed by atoms with Crippen molar-refractivity contribution in [2.24, 2.45) is 5.92 Å². The third-order valence-electron chi connectivity index (χ3n) is 4.78. The summed E-state index contributed by atoms with van der Waals surface area (Å²) in [7, 11) is 0. The van der Waals surface area contributed by atoms with Crippen LogP contribution in [0, 0.1) is 5.92 Å². The summed E-state index contributed by atoms with van der Waals surface area (Å²) >= 11 is 0. The second-order valence-electron chi connectivity index (χ2n) is 6.42. The number of carbonyl (C=O) groups excluding carboxylic acids is 1. The van der Waals surface area contributed by atoms with E-state index in [0.29, 0.717) is 5.92 Å². The second-order valence-corrected chi connectivity index (χ2v) is 6.42. The van der Waals surface area contributed by atoms with Crippen molar-refractivity contribution in [3.8, 4) is 0 Å². The molecule has 2 aliphatic rings. The Bertz CT molecular complexity index is 319. The van der Waals surface area contributed by atoms with E-state index < -0.39 is 0 Å². The quantitative estimate of drug-likeness (QED) is 0.695. The molecule has 0 aromatic heterocycles. The van der Waals surface area contributed by atoms with Crippen LogP contribution in [0.25, 0.3) is 0 Å². The molecule has 2 saturated heterocycles. The lowest BCUT2D eigenvalue weighted by Gasteiger charge is -2.33. The summed E-state index contributed by atoms with van der Waals surface area (Å²) in [6, 6.07) is 0.0851. The molecule has 1 amide bonds. The minimum Gasteiger partial charge on any atom is -0.381 e. The van der Waals surface area contributed by atoms with Crippen molar-refractivity contribution in [1.82, 2.24) is 10.2 Å². The topological polar surface area (TPSA) is 50.8 Å². The monoisotopic (exact) mass is 312 g/mol. The van der Waals surface area contributed by atoms with Crippen LogP contribution in [0.2, 0.25) is 0 Å². The normalized spacial score (nSPS) is 24.3. The maximum absolute atomic E-state index is 12.2. The van der Waals surface area contributed by atoms with Crippen LogP contribution < -0.4 is 5.32 Å². The molecule has 2 heterocycles. The van der Waals surface area contributed by atoms with E-state index in [1.54, 1.807) is 0 Å². The van der Waals surface area contributed by atoms with E-state index in [1.165, 1.54) is 12.8 Å². The second kappa shape index (κ2) is 10.2. The number of ether oxygens (including phenoxy) is 2. The summed E-state index contributed by atoms with van der Waals surface area (Å²) in [5, 5.41) is 3.07. The first-order chi connectivity index (χ1) is 10.8. The molecule has 5 heteroatoms. The average molecular weight is 312 g/mol. The van der Waals surface area contributed by atoms with E-state index >= 15 is 0 Å². The molecule has 0 aromatic rings. The fourth-order valence-electron chi connectivity index (χ4n) is 3.33. The Morgan fingerprint density at radius 1 is 1.27 bits per heavy atom. The van der Waals surface area contributed by atoms with Gasteiger partial charge in [-0.3, -0.25) is 9.69 Å². The number of rotatable bonds is 8. The van der Waals surface area contributed by atoms with Crippen LogP contribution in [0.3, 0.4) is 0 Å². The molecular weight excluding hydrogens is 280 g/mol. The van der Waals surface area contributed by atoms with Gasteiger partial charge in [-0.25, -0.2) is 0 Å². The number of likely N-dealkylation sites (tertiary alicyclic amines) is 1. The molecule has 0 radical (unpaired) electrons. The highest BCUT2D eigenvalue weighted by Crippen LogP contribution is 2.16. The maximum Gasteiger partial charge on any atom is 0.237 e. The van der Waals surface area contributed by atoms with Crippen LogP contribution >= 0.6 is 0 Å². The first-order valence-corrected chi connectivity index (χ1v) is 8.98. The van der Waals surface area contributed by atoms with Gasteiger partial charge >= 0.3 is 0 Å². The Balaban J connectivity index is 1.51. The summed E-state index contributed by atoms with van der Waals surface area (Å²) in [6.45, 7) is 8.20. The third kappa shape index (κ3) is 5.86. The number of likely N-dealkylation sites (N-methyl/N-ethyl adjacent to an activating group) is 1. The number of nitrogens with one attached hydrogen (secondary N) is 1. The van der Waals surface area contributed by atoms with Crippen molar-refractivity contribution in [3.05, 3.63) is 0 Å². The van der Waals surface area contributed by atoms with Gasteiger partial charge < -0.3 is 14.8 Å². The van der Waals surface area contributed by atoms with Gasteiger partial charge in [0, 0.05) is 33.0 Å². The first-order valence-electron chi connectivity index (χ1n) is 8.98. The maximum atomic E-state index is 12.2. The summed E-state index contributed by atoms with van der Waals surface area (Å²) in [5.41, 5.74) is 0. The van der Waals surface area contributed by atoms with Crippen LogP contribution in [0.4, 0.5) is 0 Å². The van der Waals surface area contributed by atoms with E-state index in [0.717, 1.165) is 71.7 Å². The number of amides is 1. The number of carbonyl (C=O) groups is 1. The molecular formula is C17H32N2O3. The van der Waals surface area contributed by atoms with E-state index in [-0.39, 0.29) is 11.9 Å². The van der Waals surface area contributed by atoms with Crippen LogP contribution in [-0.4, -0.2) is 62.9 Å². The molecule has 2 rings (SSSR count). The van der Waals surface area contributed by atoms with Gasteiger partial charge in [0.1, 0.15) is 0 Å². The zero-order chi connectivity index (χ0) is 15.6. The predicted molar refractivity (Wildman–Crippen MR) is 86.9 cm³/mol. The van der Waals surface area contributed by atoms with Crippen molar-refractivity contribution >= 4 is 5.91 Å². The molecule has 0 spiro atoms. The van der Waals surface area contributed by atoms with Gasteiger partial charge in [-0.2, -0.15) is 0 Å². The average Bonchev–Trinajstić information content (AvgIpc) is 2.58. The highest BCUT2D eigenvalue weighted by atomic mass is 16.5. The number of hydrogen-bond acceptors (Lipinski definition) is 4. The van der Waals surface area contributed by atoms with Crippen LogP contribution in [0.1, 0.15) is 45.4 Å². The van der Waals surface area contributed by atoms with E-state index in [2.05, 4.69) is 17.1 Å².